The lowest BCUT2D eigenvalue weighted by atomic mass is 10.0. The average molecular weight is 490 g/mol. The average Bonchev–Trinajstić information content (AvgIpc) is 2.93. The van der Waals surface area contributed by atoms with E-state index in [0.717, 1.165) is 55.3 Å². The summed E-state index contributed by atoms with van der Waals surface area (Å²) in [6.45, 7) is 2.78. The Balaban J connectivity index is 1.34. The highest BCUT2D eigenvalue weighted by Crippen LogP contribution is 2.30. The van der Waals surface area contributed by atoms with E-state index >= 15 is 0 Å². The Kier molecular flexibility index (Phi) is 8.33. The minimum atomic E-state index is -0.180. The van der Waals surface area contributed by atoms with Crippen molar-refractivity contribution in [2.45, 2.75) is 25.4 Å². The first-order valence-corrected chi connectivity index (χ1v) is 12.2. The molecule has 1 saturated heterocycles. The molecular formula is C29H35N3O4. The lowest BCUT2D eigenvalue weighted by molar-refractivity contribution is 0.102. The van der Waals surface area contributed by atoms with Crippen molar-refractivity contribution in [2.75, 3.05) is 51.7 Å². The topological polar surface area (TPSA) is 63.3 Å². The number of hydrogen-bond acceptors (Lipinski definition) is 6. The van der Waals surface area contributed by atoms with Crippen LogP contribution in [0.3, 0.4) is 0 Å². The zero-order valence-corrected chi connectivity index (χ0v) is 21.5. The number of methoxy groups -OCH3 is 3. The van der Waals surface area contributed by atoms with E-state index in [2.05, 4.69) is 40.4 Å². The van der Waals surface area contributed by atoms with Crippen LogP contribution in [-0.2, 0) is 6.54 Å². The third kappa shape index (κ3) is 5.91. The molecule has 190 valence electrons. The van der Waals surface area contributed by atoms with Gasteiger partial charge in [-0.25, -0.2) is 0 Å². The van der Waals surface area contributed by atoms with E-state index in [0.29, 0.717) is 17.4 Å². The molecule has 1 heterocycles. The van der Waals surface area contributed by atoms with Crippen LogP contribution in [-0.4, -0.2) is 58.3 Å². The van der Waals surface area contributed by atoms with Gasteiger partial charge in [0.15, 0.2) is 11.5 Å². The standard InChI is InChI=1S/C29H35N3O4/c1-31(20-21-12-13-27(35-3)28(18-21)36-4)23-14-16-32(17-15-23)24-9-7-8-22(19-24)30-29(33)25-10-5-6-11-26(25)34-2/h5-13,18-19,23H,14-17,20H2,1-4H3,(H,30,33). The molecule has 1 N–H and O–H groups in total. The number of amides is 1. The predicted octanol–water partition coefficient (Wildman–Crippen LogP) is 5.07. The molecule has 7 nitrogen and oxygen atoms in total. The molecule has 1 amide bonds. The van der Waals surface area contributed by atoms with E-state index in [1.807, 2.05) is 36.4 Å². The Hall–Kier alpha value is -3.71. The minimum Gasteiger partial charge on any atom is -0.496 e. The summed E-state index contributed by atoms with van der Waals surface area (Å²) in [6, 6.07) is 21.9. The third-order valence-corrected chi connectivity index (χ3v) is 6.79. The van der Waals surface area contributed by atoms with Gasteiger partial charge in [-0.2, -0.15) is 0 Å². The quantitative estimate of drug-likeness (QED) is 0.453. The fourth-order valence-electron chi connectivity index (χ4n) is 4.77. The molecule has 4 rings (SSSR count). The van der Waals surface area contributed by atoms with Gasteiger partial charge in [0, 0.05) is 37.1 Å². The number of benzene rings is 3. The number of rotatable bonds is 9. The summed E-state index contributed by atoms with van der Waals surface area (Å²) in [5, 5.41) is 3.01. The van der Waals surface area contributed by atoms with Gasteiger partial charge in [0.2, 0.25) is 0 Å². The maximum atomic E-state index is 12.8. The smallest absolute Gasteiger partial charge is 0.259 e. The van der Waals surface area contributed by atoms with Crippen LogP contribution in [0.1, 0.15) is 28.8 Å². The second kappa shape index (κ2) is 11.8. The highest BCUT2D eigenvalue weighted by Gasteiger charge is 2.23. The molecule has 0 saturated carbocycles. The minimum absolute atomic E-state index is 0.180. The van der Waals surface area contributed by atoms with E-state index in [1.54, 1.807) is 33.5 Å². The van der Waals surface area contributed by atoms with Crippen LogP contribution < -0.4 is 24.4 Å². The first kappa shape index (κ1) is 25.4. The highest BCUT2D eigenvalue weighted by molar-refractivity contribution is 6.06. The Morgan fingerprint density at radius 2 is 1.61 bits per heavy atom. The summed E-state index contributed by atoms with van der Waals surface area (Å²) in [5.74, 6) is 1.89. The molecule has 0 spiro atoms. The highest BCUT2D eigenvalue weighted by atomic mass is 16.5. The van der Waals surface area contributed by atoms with Gasteiger partial charge in [-0.15, -0.1) is 0 Å². The van der Waals surface area contributed by atoms with E-state index in [4.69, 9.17) is 14.2 Å². The van der Waals surface area contributed by atoms with E-state index in [-0.39, 0.29) is 5.91 Å². The molecule has 0 radical (unpaired) electrons. The summed E-state index contributed by atoms with van der Waals surface area (Å²) < 4.78 is 16.1. The van der Waals surface area contributed by atoms with Crippen LogP contribution in [0, 0.1) is 0 Å². The summed E-state index contributed by atoms with van der Waals surface area (Å²) in [4.78, 5) is 17.6. The molecule has 1 aliphatic rings. The molecule has 0 aromatic heterocycles. The number of anilines is 2. The fraction of sp³-hybridized carbons (Fsp3) is 0.345. The van der Waals surface area contributed by atoms with Crippen LogP contribution >= 0.6 is 0 Å². The third-order valence-electron chi connectivity index (χ3n) is 6.79. The Morgan fingerprint density at radius 3 is 2.33 bits per heavy atom. The molecule has 3 aromatic rings. The summed E-state index contributed by atoms with van der Waals surface area (Å²) in [6.07, 6.45) is 2.14. The van der Waals surface area contributed by atoms with Crippen LogP contribution in [0.2, 0.25) is 0 Å². The fourth-order valence-corrected chi connectivity index (χ4v) is 4.77. The van der Waals surface area contributed by atoms with E-state index in [1.165, 1.54) is 5.56 Å². The Morgan fingerprint density at radius 1 is 0.889 bits per heavy atom. The first-order chi connectivity index (χ1) is 17.5. The van der Waals surface area contributed by atoms with E-state index < -0.39 is 0 Å². The molecule has 7 heteroatoms. The van der Waals surface area contributed by atoms with Crippen molar-refractivity contribution in [2.24, 2.45) is 0 Å². The van der Waals surface area contributed by atoms with Gasteiger partial charge in [-0.05, 0) is 67.9 Å². The summed E-state index contributed by atoms with van der Waals surface area (Å²) in [7, 11) is 7.08. The van der Waals surface area contributed by atoms with Crippen molar-refractivity contribution in [1.29, 1.82) is 0 Å². The lowest BCUT2D eigenvalue weighted by Crippen LogP contribution is -2.43. The normalized spacial score (nSPS) is 14.0. The van der Waals surface area contributed by atoms with Crippen molar-refractivity contribution in [1.82, 2.24) is 4.90 Å². The van der Waals surface area contributed by atoms with Gasteiger partial charge >= 0.3 is 0 Å². The monoisotopic (exact) mass is 489 g/mol. The number of nitrogens with zero attached hydrogens (tertiary/aromatic N) is 2. The van der Waals surface area contributed by atoms with Gasteiger partial charge in [0.05, 0.1) is 26.9 Å². The number of para-hydroxylation sites is 1. The predicted molar refractivity (Wildman–Crippen MR) is 144 cm³/mol. The van der Waals surface area contributed by atoms with Crippen LogP contribution in [0.5, 0.6) is 17.2 Å². The lowest BCUT2D eigenvalue weighted by Gasteiger charge is -2.38. The number of ether oxygens (including phenoxy) is 3. The van der Waals surface area contributed by atoms with Crippen LogP contribution in [0.15, 0.2) is 66.7 Å². The van der Waals surface area contributed by atoms with Gasteiger partial charge in [0.1, 0.15) is 5.75 Å². The maximum Gasteiger partial charge on any atom is 0.259 e. The van der Waals surface area contributed by atoms with Crippen molar-refractivity contribution in [3.05, 3.63) is 77.9 Å². The molecule has 0 atom stereocenters. The van der Waals surface area contributed by atoms with E-state index in [9.17, 15) is 4.79 Å². The van der Waals surface area contributed by atoms with Gasteiger partial charge < -0.3 is 24.4 Å². The zero-order chi connectivity index (χ0) is 25.5. The van der Waals surface area contributed by atoms with Crippen molar-refractivity contribution >= 4 is 17.3 Å². The van der Waals surface area contributed by atoms with Gasteiger partial charge in [-0.3, -0.25) is 9.69 Å². The van der Waals surface area contributed by atoms with Crippen molar-refractivity contribution < 1.29 is 19.0 Å². The molecule has 1 aliphatic heterocycles. The number of carbonyl (C=O) groups excluding carboxylic acids is 1. The Labute approximate surface area is 213 Å². The zero-order valence-electron chi connectivity index (χ0n) is 21.5. The molecule has 36 heavy (non-hydrogen) atoms. The number of hydrogen-bond donors (Lipinski definition) is 1. The molecule has 3 aromatic carbocycles. The van der Waals surface area contributed by atoms with Crippen LogP contribution in [0.4, 0.5) is 11.4 Å². The molecule has 0 unspecified atom stereocenters. The summed E-state index contributed by atoms with van der Waals surface area (Å²) >= 11 is 0. The SMILES string of the molecule is COc1ccc(CN(C)C2CCN(c3cccc(NC(=O)c4ccccc4OC)c3)CC2)cc1OC. The molecular weight excluding hydrogens is 454 g/mol. The number of nitrogens with one attached hydrogen (secondary N) is 1. The van der Waals surface area contributed by atoms with Crippen LogP contribution in [0.25, 0.3) is 0 Å². The second-order valence-electron chi connectivity index (χ2n) is 9.03. The first-order valence-electron chi connectivity index (χ1n) is 12.2. The molecule has 0 aliphatic carbocycles. The molecule has 0 bridgehead atoms. The van der Waals surface area contributed by atoms with Gasteiger partial charge in [0.25, 0.3) is 5.91 Å². The summed E-state index contributed by atoms with van der Waals surface area (Å²) in [5.41, 5.74) is 3.62. The van der Waals surface area contributed by atoms with Crippen molar-refractivity contribution in [3.63, 3.8) is 0 Å². The number of carbonyl (C=O) groups is 1. The largest absolute Gasteiger partial charge is 0.496 e. The Bertz CT molecular complexity index is 1170. The second-order valence-corrected chi connectivity index (χ2v) is 9.03. The van der Waals surface area contributed by atoms with Gasteiger partial charge in [-0.1, -0.05) is 24.3 Å². The van der Waals surface area contributed by atoms with Crippen molar-refractivity contribution in [3.8, 4) is 17.2 Å². The molecule has 1 fully saturated rings. The maximum absolute atomic E-state index is 12.8. The number of piperidine rings is 1.